The lowest BCUT2D eigenvalue weighted by Gasteiger charge is -2.37. The van der Waals surface area contributed by atoms with E-state index in [1.54, 1.807) is 4.90 Å². The third-order valence-electron chi connectivity index (χ3n) is 5.63. The van der Waals surface area contributed by atoms with Gasteiger partial charge in [0.25, 0.3) is 0 Å². The molecular weight excluding hydrogens is 376 g/mol. The third kappa shape index (κ3) is 3.95. The van der Waals surface area contributed by atoms with Crippen LogP contribution in [0.3, 0.4) is 0 Å². The van der Waals surface area contributed by atoms with Crippen LogP contribution in [-0.4, -0.2) is 49.4 Å². The normalized spacial score (nSPS) is 19.8. The van der Waals surface area contributed by atoms with Crippen LogP contribution in [0.15, 0.2) is 42.5 Å². The maximum atomic E-state index is 14.1. The molecule has 0 N–H and O–H groups in total. The Balaban J connectivity index is 1.39. The van der Waals surface area contributed by atoms with Gasteiger partial charge in [0, 0.05) is 50.9 Å². The lowest BCUT2D eigenvalue weighted by Crippen LogP contribution is -2.50. The number of rotatable bonds is 3. The second kappa shape index (κ2) is 7.81. The van der Waals surface area contributed by atoms with Crippen molar-refractivity contribution in [2.24, 2.45) is 5.92 Å². The molecule has 2 saturated heterocycles. The summed E-state index contributed by atoms with van der Waals surface area (Å²) in [6.45, 7) is 4.80. The van der Waals surface area contributed by atoms with Gasteiger partial charge in [-0.25, -0.2) is 8.78 Å². The van der Waals surface area contributed by atoms with Crippen LogP contribution in [0.1, 0.15) is 12.0 Å². The van der Waals surface area contributed by atoms with E-state index in [0.717, 1.165) is 30.9 Å². The first kappa shape index (κ1) is 19.4. The highest BCUT2D eigenvalue weighted by atomic mass is 19.1. The van der Waals surface area contributed by atoms with E-state index in [1.165, 1.54) is 16.5 Å². The van der Waals surface area contributed by atoms with E-state index in [4.69, 9.17) is 0 Å². The van der Waals surface area contributed by atoms with Crippen molar-refractivity contribution in [1.29, 1.82) is 0 Å². The molecule has 2 heterocycles. The summed E-state index contributed by atoms with van der Waals surface area (Å²) in [4.78, 5) is 30.6. The molecule has 29 heavy (non-hydrogen) atoms. The fraction of sp³-hybridized carbons (Fsp3) is 0.364. The van der Waals surface area contributed by atoms with Crippen molar-refractivity contribution in [2.75, 3.05) is 42.5 Å². The van der Waals surface area contributed by atoms with E-state index in [1.807, 2.05) is 6.07 Å². The van der Waals surface area contributed by atoms with Gasteiger partial charge >= 0.3 is 0 Å². The van der Waals surface area contributed by atoms with Gasteiger partial charge in [0.2, 0.25) is 11.8 Å². The number of hydrogen-bond donors (Lipinski definition) is 0. The molecule has 2 aromatic rings. The quantitative estimate of drug-likeness (QED) is 0.797. The number of hydrogen-bond acceptors (Lipinski definition) is 3. The number of aryl methyl sites for hydroxylation is 1. The molecule has 2 aliphatic rings. The average Bonchev–Trinajstić information content (AvgIpc) is 3.09. The zero-order valence-corrected chi connectivity index (χ0v) is 16.3. The van der Waals surface area contributed by atoms with Gasteiger partial charge in [-0.15, -0.1) is 0 Å². The SMILES string of the molecule is Cc1cccc(N2CCN(C(=O)C3CC(=O)N(c4ccc(F)cc4F)C3)CC2)c1. The molecule has 0 aromatic heterocycles. The molecule has 0 aliphatic carbocycles. The highest BCUT2D eigenvalue weighted by Crippen LogP contribution is 2.29. The van der Waals surface area contributed by atoms with Gasteiger partial charge in [-0.2, -0.15) is 0 Å². The van der Waals surface area contributed by atoms with Gasteiger partial charge in [0.05, 0.1) is 11.6 Å². The van der Waals surface area contributed by atoms with Crippen LogP contribution in [0.5, 0.6) is 0 Å². The first-order valence-corrected chi connectivity index (χ1v) is 9.78. The zero-order chi connectivity index (χ0) is 20.5. The van der Waals surface area contributed by atoms with Crippen molar-refractivity contribution in [2.45, 2.75) is 13.3 Å². The molecule has 0 bridgehead atoms. The van der Waals surface area contributed by atoms with Gasteiger partial charge in [-0.05, 0) is 36.8 Å². The van der Waals surface area contributed by atoms with Gasteiger partial charge in [-0.3, -0.25) is 9.59 Å². The molecule has 2 aliphatic heterocycles. The Morgan fingerprint density at radius 1 is 1.03 bits per heavy atom. The minimum Gasteiger partial charge on any atom is -0.368 e. The highest BCUT2D eigenvalue weighted by molar-refractivity contribution is 6.00. The van der Waals surface area contributed by atoms with E-state index >= 15 is 0 Å². The number of piperazine rings is 1. The van der Waals surface area contributed by atoms with Crippen LogP contribution >= 0.6 is 0 Å². The summed E-state index contributed by atoms with van der Waals surface area (Å²) in [5.41, 5.74) is 2.36. The number of anilines is 2. The monoisotopic (exact) mass is 399 g/mol. The van der Waals surface area contributed by atoms with Crippen LogP contribution in [0.25, 0.3) is 0 Å². The summed E-state index contributed by atoms with van der Waals surface area (Å²) in [7, 11) is 0. The van der Waals surface area contributed by atoms with Crippen LogP contribution in [-0.2, 0) is 9.59 Å². The van der Waals surface area contributed by atoms with E-state index in [9.17, 15) is 18.4 Å². The molecule has 0 saturated carbocycles. The molecule has 0 radical (unpaired) electrons. The molecule has 152 valence electrons. The first-order chi connectivity index (χ1) is 13.9. The smallest absolute Gasteiger partial charge is 0.228 e. The van der Waals surface area contributed by atoms with Gasteiger partial charge in [0.1, 0.15) is 11.6 Å². The average molecular weight is 399 g/mol. The highest BCUT2D eigenvalue weighted by Gasteiger charge is 2.38. The Labute approximate surface area is 168 Å². The Morgan fingerprint density at radius 3 is 2.48 bits per heavy atom. The second-order valence-electron chi connectivity index (χ2n) is 7.65. The topological polar surface area (TPSA) is 43.9 Å². The Kier molecular flexibility index (Phi) is 5.22. The maximum absolute atomic E-state index is 14.1. The van der Waals surface area contributed by atoms with Crippen molar-refractivity contribution in [3.8, 4) is 0 Å². The molecule has 2 fully saturated rings. The van der Waals surface area contributed by atoms with Crippen LogP contribution in [0, 0.1) is 24.5 Å². The number of carbonyl (C=O) groups is 2. The summed E-state index contributed by atoms with van der Waals surface area (Å²) in [6.07, 6.45) is 0.0493. The summed E-state index contributed by atoms with van der Waals surface area (Å²) in [5.74, 6) is -2.38. The first-order valence-electron chi connectivity index (χ1n) is 9.78. The molecular formula is C22H23F2N3O2. The third-order valence-corrected chi connectivity index (χ3v) is 5.63. The van der Waals surface area contributed by atoms with E-state index in [2.05, 4.69) is 30.0 Å². The van der Waals surface area contributed by atoms with Gasteiger partial charge < -0.3 is 14.7 Å². The standard InChI is InChI=1S/C22H23F2N3O2/c1-15-3-2-4-18(11-15)25-7-9-26(10-8-25)22(29)16-12-21(28)27(14-16)20-6-5-17(23)13-19(20)24/h2-6,11,13,16H,7-10,12,14H2,1H3. The summed E-state index contributed by atoms with van der Waals surface area (Å²) < 4.78 is 27.2. The van der Waals surface area contributed by atoms with Crippen molar-refractivity contribution < 1.29 is 18.4 Å². The molecule has 2 amide bonds. The summed E-state index contributed by atoms with van der Waals surface area (Å²) in [6, 6.07) is 11.4. The van der Waals surface area contributed by atoms with Crippen molar-refractivity contribution in [1.82, 2.24) is 4.90 Å². The van der Waals surface area contributed by atoms with E-state index < -0.39 is 17.6 Å². The molecule has 0 spiro atoms. The molecule has 1 unspecified atom stereocenters. The van der Waals surface area contributed by atoms with Crippen molar-refractivity contribution in [3.05, 3.63) is 59.7 Å². The Bertz CT molecular complexity index is 941. The Morgan fingerprint density at radius 2 is 1.79 bits per heavy atom. The van der Waals surface area contributed by atoms with Crippen LogP contribution in [0.2, 0.25) is 0 Å². The Hall–Kier alpha value is -2.96. The fourth-order valence-corrected chi connectivity index (χ4v) is 4.07. The van der Waals surface area contributed by atoms with E-state index in [-0.39, 0.29) is 30.5 Å². The number of carbonyl (C=O) groups excluding carboxylic acids is 2. The molecule has 5 nitrogen and oxygen atoms in total. The lowest BCUT2D eigenvalue weighted by molar-refractivity contribution is -0.136. The number of halogens is 2. The largest absolute Gasteiger partial charge is 0.368 e. The van der Waals surface area contributed by atoms with Crippen LogP contribution in [0.4, 0.5) is 20.2 Å². The minimum absolute atomic E-state index is 0.0240. The maximum Gasteiger partial charge on any atom is 0.228 e. The van der Waals surface area contributed by atoms with Crippen molar-refractivity contribution >= 4 is 23.2 Å². The molecule has 1 atom stereocenters. The molecule has 2 aromatic carbocycles. The van der Waals surface area contributed by atoms with Gasteiger partial charge in [-0.1, -0.05) is 12.1 Å². The number of benzene rings is 2. The predicted octanol–water partition coefficient (Wildman–Crippen LogP) is 2.97. The molecule has 4 rings (SSSR count). The van der Waals surface area contributed by atoms with Gasteiger partial charge in [0.15, 0.2) is 0 Å². The summed E-state index contributed by atoms with van der Waals surface area (Å²) in [5, 5.41) is 0. The number of amides is 2. The van der Waals surface area contributed by atoms with E-state index in [0.29, 0.717) is 13.1 Å². The minimum atomic E-state index is -0.793. The second-order valence-corrected chi connectivity index (χ2v) is 7.65. The van der Waals surface area contributed by atoms with Crippen molar-refractivity contribution in [3.63, 3.8) is 0 Å². The molecule has 7 heteroatoms. The number of nitrogens with zero attached hydrogens (tertiary/aromatic N) is 3. The fourth-order valence-electron chi connectivity index (χ4n) is 4.07. The van der Waals surface area contributed by atoms with Crippen LogP contribution < -0.4 is 9.80 Å². The lowest BCUT2D eigenvalue weighted by atomic mass is 10.1. The summed E-state index contributed by atoms with van der Waals surface area (Å²) >= 11 is 0. The zero-order valence-electron chi connectivity index (χ0n) is 16.3. The predicted molar refractivity (Wildman–Crippen MR) is 107 cm³/mol.